The van der Waals surface area contributed by atoms with Crippen LogP contribution < -0.4 is 0 Å². The largest absolute Gasteiger partial charge is 0.244 e. The van der Waals surface area contributed by atoms with Crippen molar-refractivity contribution in [3.63, 3.8) is 0 Å². The van der Waals surface area contributed by atoms with Crippen molar-refractivity contribution in [1.82, 2.24) is 39.9 Å². The lowest BCUT2D eigenvalue weighted by Gasteiger charge is -2.14. The summed E-state index contributed by atoms with van der Waals surface area (Å²) in [6.07, 6.45) is 13.6. The van der Waals surface area contributed by atoms with Crippen LogP contribution in [0.25, 0.3) is 145 Å². The van der Waals surface area contributed by atoms with E-state index in [0.29, 0.717) is 106 Å². The van der Waals surface area contributed by atoms with Gasteiger partial charge in [-0.25, -0.2) is 57.4 Å². The molecular formula is C80H48F4N8. The van der Waals surface area contributed by atoms with E-state index in [4.69, 9.17) is 39.9 Å². The molecule has 0 radical (unpaired) electrons. The number of benzene rings is 10. The van der Waals surface area contributed by atoms with Gasteiger partial charge in [-0.05, 0) is 156 Å². The molecule has 4 aromatic heterocycles. The molecule has 0 spiro atoms. The molecule has 0 atom stereocenters. The summed E-state index contributed by atoms with van der Waals surface area (Å²) in [6, 6.07) is 69.2. The minimum absolute atomic E-state index is 0.337. The van der Waals surface area contributed by atoms with E-state index in [9.17, 15) is 8.78 Å². The molecule has 0 saturated carbocycles. The van der Waals surface area contributed by atoms with Crippen LogP contribution in [0.1, 0.15) is 24.2 Å². The summed E-state index contributed by atoms with van der Waals surface area (Å²) in [6.45, 7) is 0. The van der Waals surface area contributed by atoms with Gasteiger partial charge < -0.3 is 0 Å². The van der Waals surface area contributed by atoms with Gasteiger partial charge in [0.2, 0.25) is 0 Å². The molecular weight excluding hydrogens is 1150 g/mol. The maximum atomic E-state index is 15.1. The van der Waals surface area contributed by atoms with Crippen LogP contribution in [0.5, 0.6) is 0 Å². The van der Waals surface area contributed by atoms with Gasteiger partial charge in [0, 0.05) is 39.0 Å². The first kappa shape index (κ1) is 56.3. The second-order valence-corrected chi connectivity index (χ2v) is 22.1. The van der Waals surface area contributed by atoms with Gasteiger partial charge in [0.1, 0.15) is 34.7 Å². The highest BCUT2D eigenvalue weighted by molar-refractivity contribution is 5.95. The Morgan fingerprint density at radius 3 is 1.11 bits per heavy atom. The number of rotatable bonds is 10. The van der Waals surface area contributed by atoms with Gasteiger partial charge in [-0.1, -0.05) is 163 Å². The standard InChI is InChI=1S/C40H26F2N4.C40H22F2N4/c41-31-17-9-7-15-29(31)39-37(25-11-3-1-4-12-25)43-33-21-19-27(23-35(33)45-39)28-20-22-34-36(24-28)46-40(30-16-8-10-18-32(30)42)38(44-34)26-13-5-2-6-14-26;41-31-15-7-13-29(21-31)39-38(26-11-5-2-6-12-26)45-35-23-27(18-20-34(35)44-39)28-17-19-33-36(24-28)46-40(30-14-8-16-32(42)22-30)37(43-33)25-9-3-1-4-10-25/h1,3-5,7-24H,2,6H2;1,3-5,7-24H. The third-order valence-electron chi connectivity index (χ3n) is 16.1. The first-order chi connectivity index (χ1) is 45.2. The molecule has 92 heavy (non-hydrogen) atoms. The van der Waals surface area contributed by atoms with Crippen LogP contribution in [-0.4, -0.2) is 39.9 Å². The molecule has 2 aliphatic rings. The lowest BCUT2D eigenvalue weighted by Crippen LogP contribution is -2.01. The van der Waals surface area contributed by atoms with E-state index in [1.54, 1.807) is 54.6 Å². The SMILES string of the molecule is Fc1cccc(-c2nc3ccc(-c4ccc5nc(-c6ccccc6)c(-c6cccc(F)c6)nc5c4)cc3nc2C2=CC=C=C=C2)c1.Fc1ccccc1-c1nc2cc(-c3ccc4nc(-c5ccccc5)c(-c5ccccc5F)nc4c3)ccc2nc1C1=CCCC=C1. The highest BCUT2D eigenvalue weighted by atomic mass is 19.1. The van der Waals surface area contributed by atoms with Gasteiger partial charge in [0.05, 0.1) is 78.3 Å². The molecule has 0 unspecified atom stereocenters. The monoisotopic (exact) mass is 1200 g/mol. The molecule has 2 aliphatic carbocycles. The van der Waals surface area contributed by atoms with Crippen molar-refractivity contribution in [1.29, 1.82) is 0 Å². The van der Waals surface area contributed by atoms with Crippen LogP contribution in [0.15, 0.2) is 278 Å². The Labute approximate surface area is 525 Å². The Hall–Kier alpha value is -12.2. The number of nitrogens with zero attached hydrogens (tertiary/aromatic N) is 8. The fraction of sp³-hybridized carbons (Fsp3) is 0.0250. The maximum Gasteiger partial charge on any atom is 0.132 e. The van der Waals surface area contributed by atoms with E-state index >= 15 is 8.78 Å². The number of halogens is 4. The lowest BCUT2D eigenvalue weighted by atomic mass is 9.98. The van der Waals surface area contributed by atoms with E-state index in [1.807, 2.05) is 164 Å². The molecule has 0 amide bonds. The fourth-order valence-electron chi connectivity index (χ4n) is 11.6. The Morgan fingerprint density at radius 2 is 0.663 bits per heavy atom. The third kappa shape index (κ3) is 11.3. The zero-order valence-electron chi connectivity index (χ0n) is 48.9. The zero-order valence-corrected chi connectivity index (χ0v) is 48.9. The molecule has 10 aromatic carbocycles. The molecule has 12 heteroatoms. The van der Waals surface area contributed by atoms with Crippen LogP contribution >= 0.6 is 0 Å². The summed E-state index contributed by atoms with van der Waals surface area (Å²) in [4.78, 5) is 39.9. The first-order valence-corrected chi connectivity index (χ1v) is 29.9. The quantitative estimate of drug-likeness (QED) is 0.0985. The molecule has 8 nitrogen and oxygen atoms in total. The van der Waals surface area contributed by atoms with Crippen molar-refractivity contribution < 1.29 is 17.6 Å². The topological polar surface area (TPSA) is 103 Å². The minimum atomic E-state index is -0.359. The van der Waals surface area contributed by atoms with Crippen molar-refractivity contribution in [2.45, 2.75) is 12.8 Å². The molecule has 4 heterocycles. The highest BCUT2D eigenvalue weighted by Crippen LogP contribution is 2.39. The molecule has 0 N–H and O–H groups in total. The van der Waals surface area contributed by atoms with Gasteiger partial charge in [0.25, 0.3) is 0 Å². The predicted molar refractivity (Wildman–Crippen MR) is 359 cm³/mol. The smallest absolute Gasteiger partial charge is 0.132 e. The van der Waals surface area contributed by atoms with Crippen molar-refractivity contribution in [2.75, 3.05) is 0 Å². The van der Waals surface area contributed by atoms with Crippen LogP contribution in [0.2, 0.25) is 0 Å². The molecule has 436 valence electrons. The number of hydrogen-bond acceptors (Lipinski definition) is 8. The second kappa shape index (κ2) is 24.4. The van der Waals surface area contributed by atoms with Gasteiger partial charge in [-0.2, -0.15) is 0 Å². The summed E-state index contributed by atoms with van der Waals surface area (Å²) in [7, 11) is 0. The average molecular weight is 1200 g/mol. The van der Waals surface area contributed by atoms with Crippen molar-refractivity contribution in [3.05, 3.63) is 313 Å². The van der Waals surface area contributed by atoms with Crippen LogP contribution in [0.3, 0.4) is 0 Å². The number of fused-ring (bicyclic) bond motifs is 4. The molecule has 14 aromatic rings. The van der Waals surface area contributed by atoms with E-state index in [1.165, 1.54) is 36.4 Å². The van der Waals surface area contributed by atoms with Crippen LogP contribution in [-0.2, 0) is 0 Å². The Kier molecular flexibility index (Phi) is 14.9. The van der Waals surface area contributed by atoms with Crippen molar-refractivity contribution >= 4 is 55.3 Å². The summed E-state index contributed by atoms with van der Waals surface area (Å²) in [5.41, 5.74) is 25.4. The Balaban J connectivity index is 0.000000153. The molecule has 0 saturated heterocycles. The normalized spacial score (nSPS) is 12.5. The summed E-state index contributed by atoms with van der Waals surface area (Å²) in [5.74, 6) is -1.38. The van der Waals surface area contributed by atoms with Crippen molar-refractivity contribution in [2.24, 2.45) is 0 Å². The third-order valence-corrected chi connectivity index (χ3v) is 16.1. The van der Waals surface area contributed by atoms with E-state index in [-0.39, 0.29) is 23.3 Å². The fourth-order valence-corrected chi connectivity index (χ4v) is 11.6. The van der Waals surface area contributed by atoms with Crippen LogP contribution in [0.4, 0.5) is 17.6 Å². The molecule has 0 bridgehead atoms. The van der Waals surface area contributed by atoms with Gasteiger partial charge in [-0.3, -0.25) is 0 Å². The predicted octanol–water partition coefficient (Wildman–Crippen LogP) is 20.0. The van der Waals surface area contributed by atoms with Gasteiger partial charge >= 0.3 is 0 Å². The lowest BCUT2D eigenvalue weighted by molar-refractivity contribution is 0.628. The summed E-state index contributed by atoms with van der Waals surface area (Å²) < 4.78 is 58.7. The van der Waals surface area contributed by atoms with E-state index in [2.05, 4.69) is 23.6 Å². The van der Waals surface area contributed by atoms with Crippen molar-refractivity contribution in [3.8, 4) is 89.8 Å². The number of hydrogen-bond donors (Lipinski definition) is 0. The first-order valence-electron chi connectivity index (χ1n) is 29.9. The second-order valence-electron chi connectivity index (χ2n) is 22.1. The van der Waals surface area contributed by atoms with Crippen LogP contribution in [0, 0.1) is 23.3 Å². The molecule has 0 aliphatic heterocycles. The summed E-state index contributed by atoms with van der Waals surface area (Å²) >= 11 is 0. The minimum Gasteiger partial charge on any atom is -0.244 e. The maximum absolute atomic E-state index is 15.1. The molecule has 0 fully saturated rings. The summed E-state index contributed by atoms with van der Waals surface area (Å²) in [5, 5.41) is 0. The molecule has 16 rings (SSSR count). The Morgan fingerprint density at radius 1 is 0.283 bits per heavy atom. The van der Waals surface area contributed by atoms with Gasteiger partial charge in [-0.15, -0.1) is 0 Å². The average Bonchev–Trinajstić information content (AvgIpc) is 0.803. The number of aromatic nitrogens is 8. The zero-order chi connectivity index (χ0) is 62.1. The van der Waals surface area contributed by atoms with E-state index < -0.39 is 0 Å². The van der Waals surface area contributed by atoms with Gasteiger partial charge in [0.15, 0.2) is 0 Å². The number of allylic oxidation sites excluding steroid dienone is 8. The Bertz CT molecular complexity index is 5500. The highest BCUT2D eigenvalue weighted by Gasteiger charge is 2.22. The van der Waals surface area contributed by atoms with E-state index in [0.717, 1.165) is 62.9 Å².